The predicted molar refractivity (Wildman–Crippen MR) is 75.8 cm³/mol. The Kier molecular flexibility index (Phi) is 4.10. The normalized spacial score (nSPS) is 26.9. The summed E-state index contributed by atoms with van der Waals surface area (Å²) in [7, 11) is 0. The Labute approximate surface area is 114 Å². The zero-order valence-electron chi connectivity index (χ0n) is 11.4. The van der Waals surface area contributed by atoms with Gasteiger partial charge in [0.05, 0.1) is 12.1 Å². The van der Waals surface area contributed by atoms with Crippen molar-refractivity contribution in [1.29, 1.82) is 0 Å². The molecule has 19 heavy (non-hydrogen) atoms. The number of benzene rings is 1. The van der Waals surface area contributed by atoms with Gasteiger partial charge in [-0.15, -0.1) is 0 Å². The van der Waals surface area contributed by atoms with Gasteiger partial charge in [0, 0.05) is 11.3 Å². The Morgan fingerprint density at radius 3 is 3.00 bits per heavy atom. The van der Waals surface area contributed by atoms with Crippen LogP contribution in [0.5, 0.6) is 0 Å². The third kappa shape index (κ3) is 3.26. The molecule has 4 heteroatoms. The van der Waals surface area contributed by atoms with Crippen LogP contribution in [0.4, 0.5) is 5.69 Å². The average molecular weight is 262 g/mol. The quantitative estimate of drug-likeness (QED) is 0.729. The summed E-state index contributed by atoms with van der Waals surface area (Å²) in [6.07, 6.45) is 3.87. The maximum atomic E-state index is 12.3. The van der Waals surface area contributed by atoms with Crippen LogP contribution >= 0.6 is 0 Å². The lowest BCUT2D eigenvalue weighted by molar-refractivity contribution is 0.0697. The number of aliphatic hydroxyl groups is 1. The van der Waals surface area contributed by atoms with E-state index < -0.39 is 5.54 Å². The SMILES string of the molecule is CC1CCCC(CO)(NC(=O)c2cccc(N)c2)C1. The highest BCUT2D eigenvalue weighted by atomic mass is 16.3. The summed E-state index contributed by atoms with van der Waals surface area (Å²) in [5, 5.41) is 12.7. The van der Waals surface area contributed by atoms with Gasteiger partial charge >= 0.3 is 0 Å². The molecule has 1 aromatic carbocycles. The summed E-state index contributed by atoms with van der Waals surface area (Å²) in [4.78, 5) is 12.3. The van der Waals surface area contributed by atoms with E-state index in [0.717, 1.165) is 25.7 Å². The number of nitrogens with one attached hydrogen (secondary N) is 1. The van der Waals surface area contributed by atoms with Crippen molar-refractivity contribution in [2.75, 3.05) is 12.3 Å². The summed E-state index contributed by atoms with van der Waals surface area (Å²) < 4.78 is 0. The Morgan fingerprint density at radius 1 is 1.58 bits per heavy atom. The molecule has 0 heterocycles. The van der Waals surface area contributed by atoms with Crippen LogP contribution in [0.3, 0.4) is 0 Å². The second-order valence-electron chi connectivity index (χ2n) is 5.72. The van der Waals surface area contributed by atoms with E-state index in [1.54, 1.807) is 24.3 Å². The maximum absolute atomic E-state index is 12.3. The number of nitrogen functional groups attached to an aromatic ring is 1. The van der Waals surface area contributed by atoms with Gasteiger partial charge in [-0.3, -0.25) is 4.79 Å². The summed E-state index contributed by atoms with van der Waals surface area (Å²) in [6, 6.07) is 6.91. The fraction of sp³-hybridized carbons (Fsp3) is 0.533. The number of carbonyl (C=O) groups is 1. The largest absolute Gasteiger partial charge is 0.399 e. The van der Waals surface area contributed by atoms with E-state index in [2.05, 4.69) is 12.2 Å². The van der Waals surface area contributed by atoms with E-state index in [1.165, 1.54) is 0 Å². The van der Waals surface area contributed by atoms with Gasteiger partial charge in [0.1, 0.15) is 0 Å². The molecule has 2 atom stereocenters. The minimum atomic E-state index is -0.473. The zero-order chi connectivity index (χ0) is 13.9. The number of nitrogens with two attached hydrogens (primary N) is 1. The van der Waals surface area contributed by atoms with Gasteiger partial charge in [0.2, 0.25) is 0 Å². The van der Waals surface area contributed by atoms with E-state index in [9.17, 15) is 9.90 Å². The van der Waals surface area contributed by atoms with E-state index in [4.69, 9.17) is 5.73 Å². The fourth-order valence-corrected chi connectivity index (χ4v) is 2.95. The van der Waals surface area contributed by atoms with Crippen LogP contribution in [0.25, 0.3) is 0 Å². The number of hydrogen-bond acceptors (Lipinski definition) is 3. The molecule has 1 fully saturated rings. The lowest BCUT2D eigenvalue weighted by atomic mass is 9.76. The molecule has 1 amide bonds. The summed E-state index contributed by atoms with van der Waals surface area (Å²) >= 11 is 0. The molecule has 0 aliphatic heterocycles. The number of rotatable bonds is 3. The maximum Gasteiger partial charge on any atom is 0.251 e. The highest BCUT2D eigenvalue weighted by Crippen LogP contribution is 2.32. The number of hydrogen-bond donors (Lipinski definition) is 3. The van der Waals surface area contributed by atoms with Crippen LogP contribution in [0.15, 0.2) is 24.3 Å². The van der Waals surface area contributed by atoms with Gasteiger partial charge in [-0.25, -0.2) is 0 Å². The molecule has 0 bridgehead atoms. The molecule has 0 spiro atoms. The van der Waals surface area contributed by atoms with E-state index >= 15 is 0 Å². The first kappa shape index (κ1) is 13.9. The minimum absolute atomic E-state index is 0.00854. The zero-order valence-corrected chi connectivity index (χ0v) is 11.4. The van der Waals surface area contributed by atoms with Crippen LogP contribution in [-0.4, -0.2) is 23.2 Å². The van der Waals surface area contributed by atoms with Crippen molar-refractivity contribution in [2.45, 2.75) is 38.1 Å². The van der Waals surface area contributed by atoms with Crippen molar-refractivity contribution in [1.82, 2.24) is 5.32 Å². The standard InChI is InChI=1S/C15H22N2O2/c1-11-4-3-7-15(9-11,10-18)17-14(19)12-5-2-6-13(16)8-12/h2,5-6,8,11,18H,3-4,7,9-10,16H2,1H3,(H,17,19). The van der Waals surface area contributed by atoms with Gasteiger partial charge in [0.15, 0.2) is 0 Å². The van der Waals surface area contributed by atoms with Gasteiger partial charge in [-0.2, -0.15) is 0 Å². The summed E-state index contributed by atoms with van der Waals surface area (Å²) in [5.41, 5.74) is 6.33. The van der Waals surface area contributed by atoms with Crippen molar-refractivity contribution < 1.29 is 9.90 Å². The molecule has 0 aromatic heterocycles. The van der Waals surface area contributed by atoms with Crippen LogP contribution in [-0.2, 0) is 0 Å². The highest BCUT2D eigenvalue weighted by molar-refractivity contribution is 5.95. The number of aliphatic hydroxyl groups excluding tert-OH is 1. The third-order valence-corrected chi connectivity index (χ3v) is 3.92. The van der Waals surface area contributed by atoms with E-state index in [1.807, 2.05) is 0 Å². The smallest absolute Gasteiger partial charge is 0.251 e. The van der Waals surface area contributed by atoms with Crippen LogP contribution in [0.1, 0.15) is 43.0 Å². The summed E-state index contributed by atoms with van der Waals surface area (Å²) in [6.45, 7) is 2.15. The number of carbonyl (C=O) groups excluding carboxylic acids is 1. The van der Waals surface area contributed by atoms with E-state index in [0.29, 0.717) is 17.2 Å². The molecule has 1 aromatic rings. The average Bonchev–Trinajstić information content (AvgIpc) is 2.38. The van der Waals surface area contributed by atoms with Gasteiger partial charge in [0.25, 0.3) is 5.91 Å². The van der Waals surface area contributed by atoms with Crippen LogP contribution in [0.2, 0.25) is 0 Å². The molecule has 2 unspecified atom stereocenters. The minimum Gasteiger partial charge on any atom is -0.399 e. The molecule has 2 rings (SSSR count). The third-order valence-electron chi connectivity index (χ3n) is 3.92. The Hall–Kier alpha value is -1.55. The highest BCUT2D eigenvalue weighted by Gasteiger charge is 2.35. The molecule has 4 N–H and O–H groups in total. The fourth-order valence-electron chi connectivity index (χ4n) is 2.95. The molecule has 4 nitrogen and oxygen atoms in total. The topological polar surface area (TPSA) is 75.3 Å². The Bertz CT molecular complexity index is 461. The van der Waals surface area contributed by atoms with Crippen molar-refractivity contribution in [3.63, 3.8) is 0 Å². The molecule has 1 aliphatic rings. The molecule has 1 saturated carbocycles. The van der Waals surface area contributed by atoms with Crippen molar-refractivity contribution >= 4 is 11.6 Å². The second-order valence-corrected chi connectivity index (χ2v) is 5.72. The molecule has 0 saturated heterocycles. The number of anilines is 1. The van der Waals surface area contributed by atoms with E-state index in [-0.39, 0.29) is 12.5 Å². The van der Waals surface area contributed by atoms with Gasteiger partial charge in [-0.05, 0) is 37.0 Å². The molecular formula is C15H22N2O2. The first-order valence-corrected chi connectivity index (χ1v) is 6.83. The van der Waals surface area contributed by atoms with Crippen molar-refractivity contribution in [3.05, 3.63) is 29.8 Å². The van der Waals surface area contributed by atoms with Crippen molar-refractivity contribution in [3.8, 4) is 0 Å². The van der Waals surface area contributed by atoms with Gasteiger partial charge in [-0.1, -0.05) is 25.8 Å². The monoisotopic (exact) mass is 262 g/mol. The second kappa shape index (κ2) is 5.61. The lowest BCUT2D eigenvalue weighted by Crippen LogP contribution is -2.53. The first-order chi connectivity index (χ1) is 9.04. The van der Waals surface area contributed by atoms with Crippen LogP contribution in [0, 0.1) is 5.92 Å². The predicted octanol–water partition coefficient (Wildman–Crippen LogP) is 1.94. The lowest BCUT2D eigenvalue weighted by Gasteiger charge is -2.39. The first-order valence-electron chi connectivity index (χ1n) is 6.83. The van der Waals surface area contributed by atoms with Gasteiger partial charge < -0.3 is 16.2 Å². The van der Waals surface area contributed by atoms with Crippen LogP contribution < -0.4 is 11.1 Å². The molecule has 1 aliphatic carbocycles. The Balaban J connectivity index is 2.12. The number of amides is 1. The summed E-state index contributed by atoms with van der Waals surface area (Å²) in [5.74, 6) is 0.373. The molecular weight excluding hydrogens is 240 g/mol. The molecule has 104 valence electrons. The molecule has 0 radical (unpaired) electrons. The Morgan fingerprint density at radius 2 is 2.37 bits per heavy atom. The van der Waals surface area contributed by atoms with Crippen molar-refractivity contribution in [2.24, 2.45) is 5.92 Å².